The van der Waals surface area contributed by atoms with Gasteiger partial charge < -0.3 is 9.59 Å². The molecule has 0 fully saturated rings. The van der Waals surface area contributed by atoms with Crippen LogP contribution in [0.15, 0.2) is 34.4 Å². The van der Waals surface area contributed by atoms with Gasteiger partial charge in [0.2, 0.25) is 0 Å². The average Bonchev–Trinajstić information content (AvgIpc) is 2.99. The minimum atomic E-state index is 0.190. The standard InChI is InChI=1S/C20H26O.C4H8O.CH2O/c1-13-4-7-17-16-6-5-14-12-15(21)8-10-20(14,3)18(16)9-11-19(13,17)2;1-3-4(2)5;1-2/h7,12-13H,4-6,8-11H2,1-3H3;3H2,1-2H3;1H2. The van der Waals surface area contributed by atoms with Crippen molar-refractivity contribution >= 4 is 18.4 Å². The molecule has 0 radical (unpaired) electrons. The maximum atomic E-state index is 11.8. The lowest BCUT2D eigenvalue weighted by Crippen LogP contribution is -2.37. The van der Waals surface area contributed by atoms with E-state index in [1.54, 1.807) is 23.6 Å². The van der Waals surface area contributed by atoms with Crippen molar-refractivity contribution in [2.75, 3.05) is 0 Å². The monoisotopic (exact) mass is 384 g/mol. The molecule has 3 nitrogen and oxygen atoms in total. The fourth-order valence-corrected chi connectivity index (χ4v) is 5.41. The van der Waals surface area contributed by atoms with Crippen molar-refractivity contribution in [3.05, 3.63) is 34.4 Å². The van der Waals surface area contributed by atoms with E-state index in [1.807, 2.05) is 19.8 Å². The van der Waals surface area contributed by atoms with E-state index < -0.39 is 0 Å². The average molecular weight is 385 g/mol. The molecular formula is C25H36O3. The molecular weight excluding hydrogens is 348 g/mol. The Hall–Kier alpha value is -1.77. The molecule has 0 bridgehead atoms. The summed E-state index contributed by atoms with van der Waals surface area (Å²) in [5, 5.41) is 0. The maximum Gasteiger partial charge on any atom is 0.155 e. The highest BCUT2D eigenvalue weighted by Gasteiger charge is 2.49. The second-order valence-corrected chi connectivity index (χ2v) is 9.15. The second-order valence-electron chi connectivity index (χ2n) is 9.15. The normalized spacial score (nSPS) is 33.0. The van der Waals surface area contributed by atoms with Crippen LogP contribution in [-0.2, 0) is 14.4 Å². The van der Waals surface area contributed by atoms with Crippen molar-refractivity contribution in [3.63, 3.8) is 0 Å². The lowest BCUT2D eigenvalue weighted by atomic mass is 9.55. The summed E-state index contributed by atoms with van der Waals surface area (Å²) in [5.41, 5.74) is 7.07. The van der Waals surface area contributed by atoms with Gasteiger partial charge in [-0.25, -0.2) is 0 Å². The van der Waals surface area contributed by atoms with Crippen LogP contribution in [-0.4, -0.2) is 18.4 Å². The second kappa shape index (κ2) is 8.71. The SMILES string of the molecule is C=O.CC1CC=C2C3=C(CCC21C)C1(C)CCC(=O)C=C1CC3.CCC(C)=O. The number of Topliss-reactive ketones (excluding diaryl/α,β-unsaturated/α-hetero) is 1. The summed E-state index contributed by atoms with van der Waals surface area (Å²) >= 11 is 0. The van der Waals surface area contributed by atoms with Gasteiger partial charge in [0.1, 0.15) is 12.6 Å². The molecule has 0 aromatic carbocycles. The molecule has 0 saturated heterocycles. The molecule has 0 aliphatic heterocycles. The van der Waals surface area contributed by atoms with Crippen LogP contribution in [0, 0.1) is 16.7 Å². The zero-order valence-electron chi connectivity index (χ0n) is 18.3. The van der Waals surface area contributed by atoms with Crippen LogP contribution >= 0.6 is 0 Å². The van der Waals surface area contributed by atoms with Gasteiger partial charge >= 0.3 is 0 Å². The van der Waals surface area contributed by atoms with Crippen molar-refractivity contribution in [2.45, 2.75) is 86.0 Å². The molecule has 4 rings (SSSR count). The summed E-state index contributed by atoms with van der Waals surface area (Å²) in [4.78, 5) is 29.6. The van der Waals surface area contributed by atoms with Gasteiger partial charge in [0.25, 0.3) is 0 Å². The number of carbonyl (C=O) groups excluding carboxylic acids is 3. The molecule has 3 unspecified atom stereocenters. The van der Waals surface area contributed by atoms with Crippen molar-refractivity contribution in [1.29, 1.82) is 0 Å². The Kier molecular flexibility index (Phi) is 7.01. The number of allylic oxidation sites excluding steroid dienone is 6. The maximum absolute atomic E-state index is 11.8. The van der Waals surface area contributed by atoms with E-state index in [4.69, 9.17) is 4.79 Å². The Bertz CT molecular complexity index is 739. The molecule has 0 aromatic heterocycles. The summed E-state index contributed by atoms with van der Waals surface area (Å²) < 4.78 is 0. The van der Waals surface area contributed by atoms with E-state index in [9.17, 15) is 9.59 Å². The smallest absolute Gasteiger partial charge is 0.155 e. The number of fused-ring (bicyclic) bond motifs is 4. The Labute approximate surface area is 170 Å². The van der Waals surface area contributed by atoms with Crippen molar-refractivity contribution in [2.24, 2.45) is 16.7 Å². The number of ketones is 2. The molecule has 0 N–H and O–H groups in total. The molecule has 4 aliphatic rings. The van der Waals surface area contributed by atoms with E-state index in [1.165, 1.54) is 24.8 Å². The fourth-order valence-electron chi connectivity index (χ4n) is 5.41. The highest BCUT2D eigenvalue weighted by molar-refractivity contribution is 5.92. The number of carbonyl (C=O) groups is 3. The van der Waals surface area contributed by atoms with Crippen LogP contribution in [0.2, 0.25) is 0 Å². The van der Waals surface area contributed by atoms with Crippen LogP contribution in [0.5, 0.6) is 0 Å². The lowest BCUT2D eigenvalue weighted by molar-refractivity contribution is -0.117. The third-order valence-corrected chi connectivity index (χ3v) is 7.69. The first-order valence-electron chi connectivity index (χ1n) is 10.7. The Morgan fingerprint density at radius 3 is 2.39 bits per heavy atom. The molecule has 4 aliphatic carbocycles. The summed E-state index contributed by atoms with van der Waals surface area (Å²) in [7, 11) is 0. The zero-order valence-corrected chi connectivity index (χ0v) is 18.3. The van der Waals surface area contributed by atoms with Gasteiger partial charge in [0.05, 0.1) is 0 Å². The molecule has 0 spiro atoms. The lowest BCUT2D eigenvalue weighted by Gasteiger charge is -2.49. The molecule has 3 atom stereocenters. The minimum Gasteiger partial charge on any atom is -0.307 e. The first-order valence-corrected chi connectivity index (χ1v) is 10.7. The van der Waals surface area contributed by atoms with E-state index >= 15 is 0 Å². The van der Waals surface area contributed by atoms with Crippen LogP contribution in [0.25, 0.3) is 0 Å². The number of hydrogen-bond donors (Lipinski definition) is 0. The number of rotatable bonds is 1. The first kappa shape index (κ1) is 22.5. The summed E-state index contributed by atoms with van der Waals surface area (Å²) in [6.07, 6.45) is 13.0. The van der Waals surface area contributed by atoms with E-state index in [0.717, 1.165) is 31.6 Å². The fraction of sp³-hybridized carbons (Fsp3) is 0.640. The summed E-state index contributed by atoms with van der Waals surface area (Å²) in [6.45, 7) is 12.7. The van der Waals surface area contributed by atoms with Gasteiger partial charge in [-0.2, -0.15) is 0 Å². The van der Waals surface area contributed by atoms with Crippen LogP contribution < -0.4 is 0 Å². The van der Waals surface area contributed by atoms with E-state index in [0.29, 0.717) is 17.6 Å². The molecule has 3 heteroatoms. The van der Waals surface area contributed by atoms with Gasteiger partial charge in [-0.05, 0) is 74.0 Å². The molecule has 28 heavy (non-hydrogen) atoms. The van der Waals surface area contributed by atoms with Crippen molar-refractivity contribution < 1.29 is 14.4 Å². The summed E-state index contributed by atoms with van der Waals surface area (Å²) in [6, 6.07) is 0. The number of hydrogen-bond acceptors (Lipinski definition) is 3. The molecule has 0 heterocycles. The Balaban J connectivity index is 0.000000352. The molecule has 0 aromatic rings. The van der Waals surface area contributed by atoms with E-state index in [-0.39, 0.29) is 11.2 Å². The van der Waals surface area contributed by atoms with Crippen LogP contribution in [0.3, 0.4) is 0 Å². The Morgan fingerprint density at radius 1 is 1.14 bits per heavy atom. The zero-order chi connectivity index (χ0) is 21.1. The topological polar surface area (TPSA) is 51.2 Å². The molecule has 154 valence electrons. The third-order valence-electron chi connectivity index (χ3n) is 7.69. The van der Waals surface area contributed by atoms with Gasteiger partial charge in [0.15, 0.2) is 5.78 Å². The molecule has 0 amide bonds. The largest absolute Gasteiger partial charge is 0.307 e. The Morgan fingerprint density at radius 2 is 1.79 bits per heavy atom. The third kappa shape index (κ3) is 3.86. The van der Waals surface area contributed by atoms with Crippen LogP contribution in [0.1, 0.15) is 86.0 Å². The van der Waals surface area contributed by atoms with Gasteiger partial charge in [-0.15, -0.1) is 0 Å². The summed E-state index contributed by atoms with van der Waals surface area (Å²) in [5.74, 6) is 1.39. The first-order chi connectivity index (χ1) is 13.2. The predicted octanol–water partition coefficient (Wildman–Crippen LogP) is 5.94. The predicted molar refractivity (Wildman–Crippen MR) is 114 cm³/mol. The van der Waals surface area contributed by atoms with Crippen LogP contribution in [0.4, 0.5) is 0 Å². The minimum absolute atomic E-state index is 0.190. The van der Waals surface area contributed by atoms with E-state index in [2.05, 4.69) is 26.8 Å². The van der Waals surface area contributed by atoms with Gasteiger partial charge in [0, 0.05) is 18.3 Å². The molecule has 0 saturated carbocycles. The van der Waals surface area contributed by atoms with Gasteiger partial charge in [-0.1, -0.05) is 44.9 Å². The van der Waals surface area contributed by atoms with Gasteiger partial charge in [-0.3, -0.25) is 4.79 Å². The van der Waals surface area contributed by atoms with Crippen molar-refractivity contribution in [1.82, 2.24) is 0 Å². The quantitative estimate of drug-likeness (QED) is 0.562. The highest BCUT2D eigenvalue weighted by atomic mass is 16.1. The highest BCUT2D eigenvalue weighted by Crippen LogP contribution is 2.61. The van der Waals surface area contributed by atoms with Crippen molar-refractivity contribution in [3.8, 4) is 0 Å².